The highest BCUT2D eigenvalue weighted by Crippen LogP contribution is 2.17. The van der Waals surface area contributed by atoms with Crippen molar-refractivity contribution in [3.05, 3.63) is 39.9 Å². The van der Waals surface area contributed by atoms with Gasteiger partial charge >= 0.3 is 0 Å². The van der Waals surface area contributed by atoms with Crippen molar-refractivity contribution in [2.24, 2.45) is 5.10 Å². The van der Waals surface area contributed by atoms with Crippen LogP contribution in [0.15, 0.2) is 29.4 Å². The van der Waals surface area contributed by atoms with Gasteiger partial charge in [-0.1, -0.05) is 12.1 Å². The molecule has 1 aliphatic rings. The summed E-state index contributed by atoms with van der Waals surface area (Å²) < 4.78 is 0. The molecular weight excluding hydrogens is 260 g/mol. The van der Waals surface area contributed by atoms with Crippen LogP contribution in [0.3, 0.4) is 0 Å². The number of nitrogens with zero attached hydrogens (tertiary/aromatic N) is 3. The van der Waals surface area contributed by atoms with Gasteiger partial charge in [0.15, 0.2) is 0 Å². The molecule has 1 heterocycles. The van der Waals surface area contributed by atoms with Crippen LogP contribution in [0.4, 0.5) is 5.69 Å². The first-order chi connectivity index (χ1) is 9.58. The fraction of sp³-hybridized carbons (Fsp3) is 0.385. The van der Waals surface area contributed by atoms with E-state index in [1.807, 2.05) is 7.05 Å². The first-order valence-corrected chi connectivity index (χ1v) is 6.35. The van der Waals surface area contributed by atoms with E-state index in [0.29, 0.717) is 0 Å². The van der Waals surface area contributed by atoms with E-state index < -0.39 is 10.8 Å². The van der Waals surface area contributed by atoms with Gasteiger partial charge in [-0.25, -0.2) is 5.43 Å². The normalized spacial score (nSPS) is 15.8. The molecule has 2 rings (SSSR count). The SMILES string of the molecule is CN1CCC(=NNC(=O)c2ccccc2[N+](=O)[O-])CC1. The van der Waals surface area contributed by atoms with E-state index in [1.54, 1.807) is 6.07 Å². The Bertz CT molecular complexity index is 546. The van der Waals surface area contributed by atoms with E-state index in [4.69, 9.17) is 0 Å². The minimum atomic E-state index is -0.572. The van der Waals surface area contributed by atoms with Crippen LogP contribution in [0, 0.1) is 10.1 Å². The van der Waals surface area contributed by atoms with Crippen molar-refractivity contribution < 1.29 is 9.72 Å². The van der Waals surface area contributed by atoms with Crippen LogP contribution >= 0.6 is 0 Å². The molecule has 7 heteroatoms. The quantitative estimate of drug-likeness (QED) is 0.667. The highest BCUT2D eigenvalue weighted by Gasteiger charge is 2.19. The second-order valence-corrected chi connectivity index (χ2v) is 4.70. The highest BCUT2D eigenvalue weighted by molar-refractivity contribution is 5.99. The molecule has 1 fully saturated rings. The van der Waals surface area contributed by atoms with Crippen molar-refractivity contribution in [2.75, 3.05) is 20.1 Å². The van der Waals surface area contributed by atoms with E-state index in [2.05, 4.69) is 15.4 Å². The van der Waals surface area contributed by atoms with E-state index in [9.17, 15) is 14.9 Å². The highest BCUT2D eigenvalue weighted by atomic mass is 16.6. The van der Waals surface area contributed by atoms with E-state index >= 15 is 0 Å². The zero-order valence-electron chi connectivity index (χ0n) is 11.2. The second kappa shape index (κ2) is 6.25. The minimum absolute atomic E-state index is 0.0229. The maximum Gasteiger partial charge on any atom is 0.282 e. The average Bonchev–Trinajstić information content (AvgIpc) is 2.46. The van der Waals surface area contributed by atoms with Crippen molar-refractivity contribution in [3.63, 3.8) is 0 Å². The molecule has 0 saturated carbocycles. The van der Waals surface area contributed by atoms with Crippen molar-refractivity contribution in [2.45, 2.75) is 12.8 Å². The number of carbonyl (C=O) groups is 1. The number of benzene rings is 1. The van der Waals surface area contributed by atoms with Gasteiger partial charge in [0.25, 0.3) is 11.6 Å². The zero-order valence-corrected chi connectivity index (χ0v) is 11.2. The lowest BCUT2D eigenvalue weighted by atomic mass is 10.1. The maximum atomic E-state index is 11.9. The van der Waals surface area contributed by atoms with Crippen molar-refractivity contribution >= 4 is 17.3 Å². The molecule has 1 aromatic carbocycles. The van der Waals surface area contributed by atoms with Gasteiger partial charge < -0.3 is 4.90 Å². The van der Waals surface area contributed by atoms with Crippen LogP contribution in [-0.4, -0.2) is 41.6 Å². The van der Waals surface area contributed by atoms with E-state index in [0.717, 1.165) is 31.6 Å². The van der Waals surface area contributed by atoms with Gasteiger partial charge in [0.2, 0.25) is 0 Å². The lowest BCUT2D eigenvalue weighted by Crippen LogP contribution is -2.32. The van der Waals surface area contributed by atoms with Crippen LogP contribution in [0.1, 0.15) is 23.2 Å². The Labute approximate surface area is 116 Å². The monoisotopic (exact) mass is 276 g/mol. The molecule has 1 amide bonds. The van der Waals surface area contributed by atoms with Gasteiger partial charge in [0.05, 0.1) is 4.92 Å². The Morgan fingerprint density at radius 2 is 2.00 bits per heavy atom. The number of likely N-dealkylation sites (tertiary alicyclic amines) is 1. The molecule has 0 bridgehead atoms. The van der Waals surface area contributed by atoms with Gasteiger partial charge in [-0.15, -0.1) is 0 Å². The number of amides is 1. The maximum absolute atomic E-state index is 11.9. The van der Waals surface area contributed by atoms with Crippen molar-refractivity contribution in [1.82, 2.24) is 10.3 Å². The molecule has 0 aliphatic carbocycles. The summed E-state index contributed by atoms with van der Waals surface area (Å²) in [6, 6.07) is 5.84. The topological polar surface area (TPSA) is 87.8 Å². The third-order valence-electron chi connectivity index (χ3n) is 3.23. The number of carbonyl (C=O) groups excluding carboxylic acids is 1. The van der Waals surface area contributed by atoms with Crippen LogP contribution in [-0.2, 0) is 0 Å². The van der Waals surface area contributed by atoms with Gasteiger partial charge in [-0.3, -0.25) is 14.9 Å². The molecule has 1 aromatic rings. The number of nitro groups is 1. The fourth-order valence-corrected chi connectivity index (χ4v) is 2.00. The number of rotatable bonds is 3. The van der Waals surface area contributed by atoms with Crippen molar-refractivity contribution in [1.29, 1.82) is 0 Å². The number of nitro benzene ring substituents is 1. The van der Waals surface area contributed by atoms with E-state index in [1.165, 1.54) is 18.2 Å². The fourth-order valence-electron chi connectivity index (χ4n) is 2.00. The molecule has 0 radical (unpaired) electrons. The summed E-state index contributed by atoms with van der Waals surface area (Å²) in [5, 5.41) is 14.9. The zero-order chi connectivity index (χ0) is 14.5. The number of piperidine rings is 1. The van der Waals surface area contributed by atoms with Crippen LogP contribution in [0.5, 0.6) is 0 Å². The predicted molar refractivity (Wildman–Crippen MR) is 74.7 cm³/mol. The molecule has 20 heavy (non-hydrogen) atoms. The predicted octanol–water partition coefficient (Wildman–Crippen LogP) is 1.41. The third-order valence-corrected chi connectivity index (χ3v) is 3.23. The summed E-state index contributed by atoms with van der Waals surface area (Å²) in [4.78, 5) is 24.4. The third kappa shape index (κ3) is 3.39. The summed E-state index contributed by atoms with van der Waals surface area (Å²) >= 11 is 0. The molecule has 106 valence electrons. The van der Waals surface area contributed by atoms with Gasteiger partial charge in [0, 0.05) is 37.7 Å². The van der Waals surface area contributed by atoms with Gasteiger partial charge in [0.1, 0.15) is 5.56 Å². The number of hydrogen-bond donors (Lipinski definition) is 1. The molecule has 0 spiro atoms. The first-order valence-electron chi connectivity index (χ1n) is 6.35. The summed E-state index contributed by atoms with van der Waals surface area (Å²) in [6.07, 6.45) is 1.60. The van der Waals surface area contributed by atoms with Gasteiger partial charge in [-0.2, -0.15) is 5.10 Å². The van der Waals surface area contributed by atoms with Crippen LogP contribution in [0.2, 0.25) is 0 Å². The number of hydrazone groups is 1. The molecule has 1 aliphatic heterocycles. The molecule has 1 N–H and O–H groups in total. The molecule has 0 unspecified atom stereocenters. The number of hydrogen-bond acceptors (Lipinski definition) is 5. The Hall–Kier alpha value is -2.28. The van der Waals surface area contributed by atoms with Crippen LogP contribution in [0.25, 0.3) is 0 Å². The Morgan fingerprint density at radius 3 is 2.65 bits per heavy atom. The molecule has 7 nitrogen and oxygen atoms in total. The first kappa shape index (κ1) is 14.1. The second-order valence-electron chi connectivity index (χ2n) is 4.70. The minimum Gasteiger partial charge on any atom is -0.306 e. The molecular formula is C13H16N4O3. The average molecular weight is 276 g/mol. The lowest BCUT2D eigenvalue weighted by Gasteiger charge is -2.22. The summed E-state index contributed by atoms with van der Waals surface area (Å²) in [6.45, 7) is 1.81. The Balaban J connectivity index is 2.06. The Kier molecular flexibility index (Phi) is 4.41. The molecule has 0 aromatic heterocycles. The number of nitrogens with one attached hydrogen (secondary N) is 1. The largest absolute Gasteiger partial charge is 0.306 e. The Morgan fingerprint density at radius 1 is 1.35 bits per heavy atom. The standard InChI is InChI=1S/C13H16N4O3/c1-16-8-6-10(7-9-16)14-15-13(18)11-4-2-3-5-12(11)17(19)20/h2-5H,6-9H2,1H3,(H,15,18). The summed E-state index contributed by atoms with van der Waals surface area (Å²) in [5.41, 5.74) is 3.13. The van der Waals surface area contributed by atoms with Gasteiger partial charge in [-0.05, 0) is 13.1 Å². The molecule has 0 atom stereocenters. The van der Waals surface area contributed by atoms with Crippen molar-refractivity contribution in [3.8, 4) is 0 Å². The summed E-state index contributed by atoms with van der Waals surface area (Å²) in [7, 11) is 2.03. The summed E-state index contributed by atoms with van der Waals surface area (Å²) in [5.74, 6) is -0.552. The van der Waals surface area contributed by atoms with Crippen LogP contribution < -0.4 is 5.43 Å². The lowest BCUT2D eigenvalue weighted by molar-refractivity contribution is -0.385. The smallest absolute Gasteiger partial charge is 0.282 e. The molecule has 1 saturated heterocycles. The van der Waals surface area contributed by atoms with E-state index in [-0.39, 0.29) is 11.3 Å². The number of para-hydroxylation sites is 1.